The zero-order valence-electron chi connectivity index (χ0n) is 13.3. The number of carbonyl (C=O) groups excluding carboxylic acids is 1. The molecule has 0 fully saturated rings. The lowest BCUT2D eigenvalue weighted by molar-refractivity contribution is 0.0525. The van der Waals surface area contributed by atoms with Crippen molar-refractivity contribution >= 4 is 55.2 Å². The van der Waals surface area contributed by atoms with E-state index in [1.54, 1.807) is 6.92 Å². The normalized spacial score (nSPS) is 11.0. The lowest BCUT2D eigenvalue weighted by atomic mass is 10.2. The highest BCUT2D eigenvalue weighted by Crippen LogP contribution is 2.27. The van der Waals surface area contributed by atoms with Crippen LogP contribution in [0.1, 0.15) is 27.6 Å². The van der Waals surface area contributed by atoms with Gasteiger partial charge in [0, 0.05) is 10.2 Å². The molecule has 138 valence electrons. The van der Waals surface area contributed by atoms with Crippen LogP contribution in [0.15, 0.2) is 45.8 Å². The second kappa shape index (κ2) is 8.07. The van der Waals surface area contributed by atoms with E-state index in [0.29, 0.717) is 0 Å². The third-order valence-corrected chi connectivity index (χ3v) is 5.87. The van der Waals surface area contributed by atoms with Gasteiger partial charge in [-0.15, -0.1) is 0 Å². The monoisotopic (exact) mass is 461 g/mol. The maximum atomic E-state index is 12.6. The molecule has 0 atom stereocenters. The lowest BCUT2D eigenvalue weighted by Gasteiger charge is -2.11. The van der Waals surface area contributed by atoms with Crippen LogP contribution in [-0.2, 0) is 14.8 Å². The van der Waals surface area contributed by atoms with Gasteiger partial charge in [0.2, 0.25) is 0 Å². The number of rotatable bonds is 6. The largest absolute Gasteiger partial charge is 0.478 e. The van der Waals surface area contributed by atoms with Gasteiger partial charge in [-0.05, 0) is 59.3 Å². The predicted octanol–water partition coefficient (Wildman–Crippen LogP) is 3.78. The number of sulfonamides is 1. The number of halogens is 2. The van der Waals surface area contributed by atoms with Gasteiger partial charge in [-0.3, -0.25) is 4.72 Å². The fraction of sp³-hybridized carbons (Fsp3) is 0.125. The van der Waals surface area contributed by atoms with Gasteiger partial charge in [-0.25, -0.2) is 18.0 Å². The number of benzene rings is 2. The molecule has 7 nitrogen and oxygen atoms in total. The summed E-state index contributed by atoms with van der Waals surface area (Å²) in [5.41, 5.74) is -0.00547. The summed E-state index contributed by atoms with van der Waals surface area (Å²) in [6.07, 6.45) is 0. The Bertz CT molecular complexity index is 977. The molecule has 0 unspecified atom stereocenters. The number of carboxylic acid groups (broad SMARTS) is 1. The molecule has 0 amide bonds. The highest BCUT2D eigenvalue weighted by atomic mass is 79.9. The molecule has 0 heterocycles. The molecule has 0 aliphatic carbocycles. The highest BCUT2D eigenvalue weighted by molar-refractivity contribution is 9.10. The maximum absolute atomic E-state index is 12.6. The van der Waals surface area contributed by atoms with Crippen LogP contribution in [-0.4, -0.2) is 32.1 Å². The molecular weight excluding hydrogens is 450 g/mol. The summed E-state index contributed by atoms with van der Waals surface area (Å²) < 4.78 is 32.4. The van der Waals surface area contributed by atoms with E-state index in [4.69, 9.17) is 21.4 Å². The molecule has 2 aromatic carbocycles. The number of carboxylic acids is 1. The van der Waals surface area contributed by atoms with Crippen molar-refractivity contribution in [2.45, 2.75) is 11.8 Å². The average Bonchev–Trinajstić information content (AvgIpc) is 2.56. The topological polar surface area (TPSA) is 110 Å². The first-order chi connectivity index (χ1) is 12.2. The van der Waals surface area contributed by atoms with Crippen LogP contribution in [0.3, 0.4) is 0 Å². The summed E-state index contributed by atoms with van der Waals surface area (Å²) in [5.74, 6) is -1.86. The third kappa shape index (κ3) is 4.54. The van der Waals surface area contributed by atoms with Crippen LogP contribution in [0.25, 0.3) is 0 Å². The van der Waals surface area contributed by atoms with Crippen molar-refractivity contribution in [1.29, 1.82) is 0 Å². The first-order valence-corrected chi connectivity index (χ1v) is 9.83. The number of esters is 1. The Labute approximate surface area is 163 Å². The molecular formula is C16H13BrClNO6S. The molecule has 10 heteroatoms. The van der Waals surface area contributed by atoms with Crippen LogP contribution in [0.4, 0.5) is 5.69 Å². The molecule has 2 rings (SSSR count). The van der Waals surface area contributed by atoms with Crippen LogP contribution in [0.5, 0.6) is 0 Å². The molecule has 2 N–H and O–H groups in total. The molecule has 0 aliphatic heterocycles. The number of aromatic carboxylic acids is 1. The van der Waals surface area contributed by atoms with Crippen molar-refractivity contribution in [2.75, 3.05) is 11.3 Å². The summed E-state index contributed by atoms with van der Waals surface area (Å²) in [6.45, 7) is 1.85. The van der Waals surface area contributed by atoms with Crippen molar-refractivity contribution in [1.82, 2.24) is 0 Å². The Hall–Kier alpha value is -2.10. The fourth-order valence-electron chi connectivity index (χ4n) is 2.02. The van der Waals surface area contributed by atoms with Crippen molar-refractivity contribution in [3.05, 3.63) is 57.0 Å². The minimum atomic E-state index is -4.04. The van der Waals surface area contributed by atoms with Gasteiger partial charge in [-0.1, -0.05) is 11.6 Å². The fourth-order valence-corrected chi connectivity index (χ4v) is 4.35. The smallest absolute Gasteiger partial charge is 0.338 e. The van der Waals surface area contributed by atoms with E-state index in [0.717, 1.165) is 6.07 Å². The van der Waals surface area contributed by atoms with Crippen molar-refractivity contribution in [3.8, 4) is 0 Å². The van der Waals surface area contributed by atoms with Crippen molar-refractivity contribution < 1.29 is 27.9 Å². The first kappa shape index (κ1) is 20.2. The molecule has 2 aromatic rings. The number of carbonyl (C=O) groups is 2. The quantitative estimate of drug-likeness (QED) is 0.632. The van der Waals surface area contributed by atoms with Gasteiger partial charge in [0.05, 0.1) is 22.8 Å². The van der Waals surface area contributed by atoms with E-state index in [2.05, 4.69) is 20.7 Å². The summed E-state index contributed by atoms with van der Waals surface area (Å²) in [5, 5.41) is 9.05. The Kier molecular flexibility index (Phi) is 6.27. The number of nitrogens with one attached hydrogen (secondary N) is 1. The van der Waals surface area contributed by atoms with Gasteiger partial charge >= 0.3 is 11.9 Å². The van der Waals surface area contributed by atoms with Crippen molar-refractivity contribution in [2.24, 2.45) is 0 Å². The Balaban J connectivity index is 2.35. The molecule has 0 saturated carbocycles. The number of hydrogen-bond donors (Lipinski definition) is 2. The van der Waals surface area contributed by atoms with E-state index in [-0.39, 0.29) is 37.8 Å². The SMILES string of the molecule is CCOC(=O)c1ccc(S(=O)(=O)Nc2ccc(Cl)c(C(=O)O)c2)c(Br)c1. The number of ether oxygens (including phenoxy) is 1. The minimum absolute atomic E-state index is 0.0135. The Morgan fingerprint density at radius 2 is 1.92 bits per heavy atom. The predicted molar refractivity (Wildman–Crippen MR) is 99.3 cm³/mol. The summed E-state index contributed by atoms with van der Waals surface area (Å²) in [4.78, 5) is 22.7. The van der Waals surface area contributed by atoms with Crippen LogP contribution in [0.2, 0.25) is 5.02 Å². The minimum Gasteiger partial charge on any atom is -0.478 e. The highest BCUT2D eigenvalue weighted by Gasteiger charge is 2.21. The van der Waals surface area contributed by atoms with E-state index >= 15 is 0 Å². The zero-order chi connectivity index (χ0) is 19.5. The summed E-state index contributed by atoms with van der Waals surface area (Å²) >= 11 is 8.89. The van der Waals surface area contributed by atoms with Crippen LogP contribution >= 0.6 is 27.5 Å². The standard InChI is InChI=1S/C16H13BrClNO6S/c1-2-25-16(22)9-3-6-14(12(17)7-9)26(23,24)19-10-4-5-13(18)11(8-10)15(20)21/h3-8,19H,2H2,1H3,(H,20,21). The molecule has 26 heavy (non-hydrogen) atoms. The average molecular weight is 463 g/mol. The molecule has 0 aromatic heterocycles. The lowest BCUT2D eigenvalue weighted by Crippen LogP contribution is -2.15. The molecule has 0 bridgehead atoms. The number of hydrogen-bond acceptors (Lipinski definition) is 5. The first-order valence-electron chi connectivity index (χ1n) is 7.18. The Morgan fingerprint density at radius 3 is 2.50 bits per heavy atom. The molecule has 0 aliphatic rings. The van der Waals surface area contributed by atoms with Gasteiger partial charge in [0.15, 0.2) is 0 Å². The Morgan fingerprint density at radius 1 is 1.23 bits per heavy atom. The van der Waals surface area contributed by atoms with Gasteiger partial charge in [-0.2, -0.15) is 0 Å². The third-order valence-electron chi connectivity index (χ3n) is 3.18. The van der Waals surface area contributed by atoms with E-state index < -0.39 is 22.0 Å². The van der Waals surface area contributed by atoms with Gasteiger partial charge in [0.25, 0.3) is 10.0 Å². The van der Waals surface area contributed by atoms with Gasteiger partial charge in [0.1, 0.15) is 4.90 Å². The van der Waals surface area contributed by atoms with E-state index in [1.165, 1.54) is 30.3 Å². The van der Waals surface area contributed by atoms with E-state index in [9.17, 15) is 18.0 Å². The van der Waals surface area contributed by atoms with Crippen molar-refractivity contribution in [3.63, 3.8) is 0 Å². The van der Waals surface area contributed by atoms with Crippen LogP contribution in [0, 0.1) is 0 Å². The molecule has 0 radical (unpaired) electrons. The summed E-state index contributed by atoms with van der Waals surface area (Å²) in [6, 6.07) is 7.63. The molecule has 0 spiro atoms. The maximum Gasteiger partial charge on any atom is 0.338 e. The van der Waals surface area contributed by atoms with E-state index in [1.807, 2.05) is 0 Å². The second-order valence-electron chi connectivity index (χ2n) is 4.97. The van der Waals surface area contributed by atoms with Gasteiger partial charge < -0.3 is 9.84 Å². The number of anilines is 1. The zero-order valence-corrected chi connectivity index (χ0v) is 16.5. The molecule has 0 saturated heterocycles. The second-order valence-corrected chi connectivity index (χ2v) is 7.88. The van der Waals surface area contributed by atoms with Crippen LogP contribution < -0.4 is 4.72 Å². The summed E-state index contributed by atoms with van der Waals surface area (Å²) in [7, 11) is -4.04.